The summed E-state index contributed by atoms with van der Waals surface area (Å²) in [4.78, 5) is 2.28. The van der Waals surface area contributed by atoms with Crippen LogP contribution in [-0.2, 0) is 9.31 Å². The molecule has 1 aliphatic rings. The molecule has 0 atom stereocenters. The monoisotopic (exact) mass is 405 g/mol. The van der Waals surface area contributed by atoms with Gasteiger partial charge < -0.3 is 14.2 Å². The highest BCUT2D eigenvalue weighted by Gasteiger charge is 2.42. The minimum absolute atomic E-state index is 0.431. The SMILES string of the molecule is C=C1OB(c2ccc(N(c3ccccc3)c3cccc4ccccc34)cc2)OC1(C)C. The van der Waals surface area contributed by atoms with Crippen LogP contribution in [0.1, 0.15) is 13.8 Å². The maximum atomic E-state index is 6.04. The lowest BCUT2D eigenvalue weighted by Gasteiger charge is -2.27. The Hall–Kier alpha value is -3.50. The number of fused-ring (bicyclic) bond motifs is 1. The highest BCUT2D eigenvalue weighted by Crippen LogP contribution is 2.38. The highest BCUT2D eigenvalue weighted by molar-refractivity contribution is 6.62. The van der Waals surface area contributed by atoms with E-state index in [1.54, 1.807) is 0 Å². The van der Waals surface area contributed by atoms with Crippen molar-refractivity contribution in [3.63, 3.8) is 0 Å². The van der Waals surface area contributed by atoms with E-state index in [0.717, 1.165) is 22.5 Å². The Morgan fingerprint density at radius 2 is 1.39 bits per heavy atom. The molecule has 3 nitrogen and oxygen atoms in total. The lowest BCUT2D eigenvalue weighted by molar-refractivity contribution is 0.173. The van der Waals surface area contributed by atoms with E-state index in [-0.39, 0.29) is 0 Å². The summed E-state index contributed by atoms with van der Waals surface area (Å²) >= 11 is 0. The van der Waals surface area contributed by atoms with Gasteiger partial charge >= 0.3 is 7.12 Å². The quantitative estimate of drug-likeness (QED) is 0.370. The first-order valence-electron chi connectivity index (χ1n) is 10.5. The molecule has 0 amide bonds. The molecule has 4 aromatic rings. The molecular formula is C27H24BNO2. The van der Waals surface area contributed by atoms with Gasteiger partial charge in [-0.3, -0.25) is 0 Å². The number of hydrogen-bond acceptors (Lipinski definition) is 3. The van der Waals surface area contributed by atoms with E-state index in [1.807, 2.05) is 19.9 Å². The van der Waals surface area contributed by atoms with Crippen LogP contribution in [0.15, 0.2) is 109 Å². The molecule has 1 aliphatic heterocycles. The summed E-state index contributed by atoms with van der Waals surface area (Å²) in [7, 11) is -0.431. The normalized spacial score (nSPS) is 15.2. The van der Waals surface area contributed by atoms with Gasteiger partial charge in [-0.05, 0) is 55.0 Å². The minimum Gasteiger partial charge on any atom is -0.534 e. The maximum absolute atomic E-state index is 6.04. The van der Waals surface area contributed by atoms with Gasteiger partial charge in [0, 0.05) is 16.8 Å². The molecule has 0 aromatic heterocycles. The molecule has 152 valence electrons. The van der Waals surface area contributed by atoms with E-state index in [9.17, 15) is 0 Å². The Bertz CT molecular complexity index is 1230. The fourth-order valence-corrected chi connectivity index (χ4v) is 3.95. The molecule has 0 radical (unpaired) electrons. The Labute approximate surface area is 183 Å². The summed E-state index contributed by atoms with van der Waals surface area (Å²) in [6, 6.07) is 33.7. The second-order valence-electron chi connectivity index (χ2n) is 8.26. The van der Waals surface area contributed by atoms with E-state index in [2.05, 4.69) is 102 Å². The third kappa shape index (κ3) is 3.60. The summed E-state index contributed by atoms with van der Waals surface area (Å²) in [5, 5.41) is 2.42. The molecule has 0 unspecified atom stereocenters. The van der Waals surface area contributed by atoms with Crippen molar-refractivity contribution in [1.82, 2.24) is 0 Å². The summed E-state index contributed by atoms with van der Waals surface area (Å²) in [5.41, 5.74) is 3.81. The minimum atomic E-state index is -0.484. The van der Waals surface area contributed by atoms with Crippen LogP contribution >= 0.6 is 0 Å². The zero-order chi connectivity index (χ0) is 21.4. The number of hydrogen-bond donors (Lipinski definition) is 0. The number of rotatable bonds is 4. The van der Waals surface area contributed by atoms with Crippen LogP contribution in [0.4, 0.5) is 17.1 Å². The van der Waals surface area contributed by atoms with Gasteiger partial charge in [-0.25, -0.2) is 0 Å². The van der Waals surface area contributed by atoms with Crippen molar-refractivity contribution in [2.45, 2.75) is 19.4 Å². The summed E-state index contributed by atoms with van der Waals surface area (Å²) in [5.74, 6) is 0.656. The van der Waals surface area contributed by atoms with Crippen LogP contribution < -0.4 is 10.4 Å². The lowest BCUT2D eigenvalue weighted by atomic mass is 9.79. The Morgan fingerprint density at radius 1 is 0.742 bits per heavy atom. The molecule has 1 heterocycles. The highest BCUT2D eigenvalue weighted by atomic mass is 16.7. The molecule has 5 rings (SSSR count). The fraction of sp³-hybridized carbons (Fsp3) is 0.111. The van der Waals surface area contributed by atoms with Gasteiger partial charge in [0.15, 0.2) is 0 Å². The van der Waals surface area contributed by atoms with Crippen LogP contribution in [0.3, 0.4) is 0 Å². The van der Waals surface area contributed by atoms with Crippen molar-refractivity contribution in [3.05, 3.63) is 109 Å². The summed E-state index contributed by atoms with van der Waals surface area (Å²) in [6.07, 6.45) is 0. The molecule has 0 bridgehead atoms. The Balaban J connectivity index is 1.58. The van der Waals surface area contributed by atoms with Gasteiger partial charge in [-0.1, -0.05) is 73.3 Å². The zero-order valence-corrected chi connectivity index (χ0v) is 17.8. The van der Waals surface area contributed by atoms with Crippen molar-refractivity contribution >= 4 is 40.4 Å². The van der Waals surface area contributed by atoms with Crippen LogP contribution in [0, 0.1) is 0 Å². The summed E-state index contributed by atoms with van der Waals surface area (Å²) < 4.78 is 11.9. The predicted molar refractivity (Wildman–Crippen MR) is 129 cm³/mol. The van der Waals surface area contributed by atoms with E-state index < -0.39 is 12.7 Å². The van der Waals surface area contributed by atoms with Crippen LogP contribution in [-0.4, -0.2) is 12.7 Å². The Morgan fingerprint density at radius 3 is 2.10 bits per heavy atom. The molecule has 4 heteroatoms. The van der Waals surface area contributed by atoms with Gasteiger partial charge in [0.05, 0.1) is 11.4 Å². The number of benzene rings is 4. The Kier molecular flexibility index (Phi) is 4.80. The van der Waals surface area contributed by atoms with E-state index in [4.69, 9.17) is 9.31 Å². The first-order chi connectivity index (χ1) is 15.0. The van der Waals surface area contributed by atoms with Gasteiger partial charge in [0.1, 0.15) is 5.60 Å². The number of nitrogens with zero attached hydrogens (tertiary/aromatic N) is 1. The van der Waals surface area contributed by atoms with Crippen LogP contribution in [0.2, 0.25) is 0 Å². The number of para-hydroxylation sites is 1. The van der Waals surface area contributed by atoms with E-state index in [1.165, 1.54) is 10.8 Å². The second kappa shape index (κ2) is 7.64. The van der Waals surface area contributed by atoms with Gasteiger partial charge in [0.25, 0.3) is 0 Å². The van der Waals surface area contributed by atoms with Gasteiger partial charge in [0.2, 0.25) is 0 Å². The fourth-order valence-electron chi connectivity index (χ4n) is 3.95. The predicted octanol–water partition coefficient (Wildman–Crippen LogP) is 6.34. The van der Waals surface area contributed by atoms with Crippen molar-refractivity contribution in [3.8, 4) is 0 Å². The van der Waals surface area contributed by atoms with Gasteiger partial charge in [-0.2, -0.15) is 0 Å². The molecule has 0 spiro atoms. The molecule has 1 saturated heterocycles. The standard InChI is InChI=1S/C27H24BNO2/c1-20-27(2,3)31-28(30-20)22-16-18-24(19-17-22)29(23-12-5-4-6-13-23)26-15-9-11-21-10-7-8-14-25(21)26/h4-19H,1H2,2-3H3. The van der Waals surface area contributed by atoms with E-state index >= 15 is 0 Å². The van der Waals surface area contributed by atoms with E-state index in [0.29, 0.717) is 5.76 Å². The average Bonchev–Trinajstić information content (AvgIpc) is 3.08. The van der Waals surface area contributed by atoms with Crippen molar-refractivity contribution in [2.75, 3.05) is 4.90 Å². The van der Waals surface area contributed by atoms with Crippen molar-refractivity contribution < 1.29 is 9.31 Å². The van der Waals surface area contributed by atoms with Gasteiger partial charge in [-0.15, -0.1) is 0 Å². The largest absolute Gasteiger partial charge is 0.563 e. The third-order valence-corrected chi connectivity index (χ3v) is 5.77. The summed E-state index contributed by atoms with van der Waals surface area (Å²) in [6.45, 7) is 7.93. The molecule has 0 aliphatic carbocycles. The zero-order valence-electron chi connectivity index (χ0n) is 17.8. The lowest BCUT2D eigenvalue weighted by Crippen LogP contribution is -2.34. The molecule has 0 saturated carbocycles. The third-order valence-electron chi connectivity index (χ3n) is 5.77. The molecule has 4 aromatic carbocycles. The second-order valence-corrected chi connectivity index (χ2v) is 8.26. The maximum Gasteiger partial charge on any atom is 0.563 e. The van der Waals surface area contributed by atoms with Crippen LogP contribution in [0.5, 0.6) is 0 Å². The molecule has 0 N–H and O–H groups in total. The smallest absolute Gasteiger partial charge is 0.534 e. The topological polar surface area (TPSA) is 21.7 Å². The van der Waals surface area contributed by atoms with Crippen molar-refractivity contribution in [2.24, 2.45) is 0 Å². The molecule has 31 heavy (non-hydrogen) atoms. The average molecular weight is 405 g/mol. The van der Waals surface area contributed by atoms with Crippen LogP contribution in [0.25, 0.3) is 10.8 Å². The first kappa shape index (κ1) is 19.5. The number of anilines is 3. The first-order valence-corrected chi connectivity index (χ1v) is 10.5. The molecule has 1 fully saturated rings. The van der Waals surface area contributed by atoms with Crippen molar-refractivity contribution in [1.29, 1.82) is 0 Å². The molecular weight excluding hydrogens is 381 g/mol.